The highest BCUT2D eigenvalue weighted by Crippen LogP contribution is 2.45. The number of hydrogen-bond donors (Lipinski definition) is 3. The van der Waals surface area contributed by atoms with Crippen molar-refractivity contribution >= 4 is 39.5 Å². The quantitative estimate of drug-likeness (QED) is 0.0222. The third-order valence-electron chi connectivity index (χ3n) is 13.7. The first-order chi connectivity index (χ1) is 37.9. The lowest BCUT2D eigenvalue weighted by Crippen LogP contribution is -2.30. The molecule has 3 N–H and O–H groups in total. The molecule has 79 heavy (non-hydrogen) atoms. The summed E-state index contributed by atoms with van der Waals surface area (Å²) in [4.78, 5) is 71.9. The Hall–Kier alpha value is -1.94. The maximum Gasteiger partial charge on any atom is 0.472 e. The van der Waals surface area contributed by atoms with Crippen LogP contribution in [0.1, 0.15) is 292 Å². The van der Waals surface area contributed by atoms with Crippen molar-refractivity contribution in [3.63, 3.8) is 0 Å². The Bertz CT molecular complexity index is 1560. The zero-order valence-electron chi connectivity index (χ0n) is 50.7. The number of phosphoric ester groups is 2. The summed E-state index contributed by atoms with van der Waals surface area (Å²) in [6.45, 7) is 9.30. The van der Waals surface area contributed by atoms with Crippen molar-refractivity contribution in [2.45, 2.75) is 310 Å². The number of aliphatic hydroxyl groups excluding tert-OH is 1. The molecule has 5 atom stereocenters. The summed E-state index contributed by atoms with van der Waals surface area (Å²) >= 11 is 0. The Kier molecular flexibility index (Phi) is 51.5. The third kappa shape index (κ3) is 55.0. The lowest BCUT2D eigenvalue weighted by molar-refractivity contribution is -0.161. The Labute approximate surface area is 479 Å². The van der Waals surface area contributed by atoms with Crippen LogP contribution in [0.3, 0.4) is 0 Å². The molecule has 19 heteroatoms. The van der Waals surface area contributed by atoms with Crippen LogP contribution >= 0.6 is 15.6 Å². The predicted molar refractivity (Wildman–Crippen MR) is 312 cm³/mol. The molecule has 0 aliphatic rings. The Morgan fingerprint density at radius 1 is 0.342 bits per heavy atom. The number of hydrogen-bond acceptors (Lipinski definition) is 15. The molecule has 0 saturated carbocycles. The van der Waals surface area contributed by atoms with Crippen LogP contribution in [-0.4, -0.2) is 96.7 Å². The lowest BCUT2D eigenvalue weighted by Gasteiger charge is -2.21. The van der Waals surface area contributed by atoms with E-state index in [0.29, 0.717) is 31.6 Å². The van der Waals surface area contributed by atoms with Gasteiger partial charge in [0.25, 0.3) is 0 Å². The van der Waals surface area contributed by atoms with Crippen LogP contribution in [0.4, 0.5) is 0 Å². The van der Waals surface area contributed by atoms with E-state index in [-0.39, 0.29) is 25.7 Å². The van der Waals surface area contributed by atoms with E-state index < -0.39 is 97.5 Å². The van der Waals surface area contributed by atoms with Crippen molar-refractivity contribution < 1.29 is 80.2 Å². The smallest absolute Gasteiger partial charge is 0.462 e. The van der Waals surface area contributed by atoms with Crippen molar-refractivity contribution in [3.8, 4) is 0 Å². The van der Waals surface area contributed by atoms with Crippen LogP contribution in [0.15, 0.2) is 0 Å². The number of phosphoric acid groups is 2. The van der Waals surface area contributed by atoms with Crippen LogP contribution in [0.5, 0.6) is 0 Å². The molecule has 0 amide bonds. The minimum atomic E-state index is -4.94. The number of carbonyl (C=O) groups excluding carboxylic acids is 4. The van der Waals surface area contributed by atoms with Crippen LogP contribution in [0, 0.1) is 11.8 Å². The molecular weight excluding hydrogens is 1050 g/mol. The molecule has 0 heterocycles. The van der Waals surface area contributed by atoms with Crippen molar-refractivity contribution in [2.75, 3.05) is 39.6 Å². The average molecular weight is 1170 g/mol. The number of unbranched alkanes of at least 4 members (excludes halogenated alkanes) is 29. The van der Waals surface area contributed by atoms with Crippen LogP contribution in [0.25, 0.3) is 0 Å². The highest BCUT2D eigenvalue weighted by Gasteiger charge is 2.30. The Morgan fingerprint density at radius 3 is 0.861 bits per heavy atom. The molecule has 2 unspecified atom stereocenters. The highest BCUT2D eigenvalue weighted by atomic mass is 31.2. The van der Waals surface area contributed by atoms with Gasteiger partial charge in [-0.1, -0.05) is 241 Å². The SMILES string of the molecule is CCCCCCCCCCCCCC(=O)OC[C@H](COP(=O)(O)OC[C@@H](O)COP(=O)(O)OC[C@@H](COC(=O)CCCCCCCCC)OC(=O)CCCCCCCCC(C)C)OC(=O)CCCCCCCCCCCC(C)C. The van der Waals surface area contributed by atoms with Gasteiger partial charge >= 0.3 is 39.5 Å². The van der Waals surface area contributed by atoms with E-state index in [1.54, 1.807) is 0 Å². The van der Waals surface area contributed by atoms with Crippen LogP contribution in [0.2, 0.25) is 0 Å². The third-order valence-corrected chi connectivity index (χ3v) is 15.6. The minimum absolute atomic E-state index is 0.101. The summed E-state index contributed by atoms with van der Waals surface area (Å²) in [6, 6.07) is 0. The second-order valence-corrected chi connectivity index (χ2v) is 25.6. The Morgan fingerprint density at radius 2 is 0.582 bits per heavy atom. The number of rotatable bonds is 59. The second kappa shape index (κ2) is 52.8. The molecule has 0 spiro atoms. The Balaban J connectivity index is 5.22. The van der Waals surface area contributed by atoms with Gasteiger partial charge in [0.1, 0.15) is 19.3 Å². The standard InChI is InChI=1S/C60H116O17P2/c1-7-9-11-13-15-16-17-20-24-31-37-43-58(63)71-49-55(76-59(64)44-38-32-25-21-18-19-23-28-34-40-52(3)4)50-74-78(66,67)72-46-54(61)47-73-79(68,69)75-51-56(48-70-57(62)42-36-30-22-14-12-10-8-2)77-60(65)45-39-33-27-26-29-35-41-53(5)6/h52-56,61H,7-51H2,1-6H3,(H,66,67)(H,68,69)/t54-,55-,56-/m1/s1. The molecule has 0 bridgehead atoms. The van der Waals surface area contributed by atoms with Gasteiger partial charge in [0.05, 0.1) is 26.4 Å². The van der Waals surface area contributed by atoms with Gasteiger partial charge in [-0.25, -0.2) is 9.13 Å². The molecule has 0 rings (SSSR count). The van der Waals surface area contributed by atoms with Gasteiger partial charge in [-0.3, -0.25) is 37.3 Å². The van der Waals surface area contributed by atoms with E-state index in [4.69, 9.17) is 37.0 Å². The van der Waals surface area contributed by atoms with Gasteiger partial charge in [-0.15, -0.1) is 0 Å². The van der Waals surface area contributed by atoms with E-state index in [0.717, 1.165) is 109 Å². The fourth-order valence-electron chi connectivity index (χ4n) is 8.82. The molecule has 468 valence electrons. The van der Waals surface area contributed by atoms with E-state index in [9.17, 15) is 43.2 Å². The van der Waals surface area contributed by atoms with Crippen LogP contribution in [-0.2, 0) is 65.4 Å². The van der Waals surface area contributed by atoms with Crippen molar-refractivity contribution in [2.24, 2.45) is 11.8 Å². The first-order valence-corrected chi connectivity index (χ1v) is 34.5. The van der Waals surface area contributed by atoms with Gasteiger partial charge in [0.2, 0.25) is 0 Å². The largest absolute Gasteiger partial charge is 0.472 e. The molecular formula is C60H116O17P2. The van der Waals surface area contributed by atoms with E-state index in [1.807, 2.05) is 0 Å². The molecule has 0 aromatic rings. The lowest BCUT2D eigenvalue weighted by atomic mass is 10.0. The van der Waals surface area contributed by atoms with E-state index in [1.165, 1.54) is 96.3 Å². The molecule has 17 nitrogen and oxygen atoms in total. The number of aliphatic hydroxyl groups is 1. The minimum Gasteiger partial charge on any atom is -0.462 e. The monoisotopic (exact) mass is 1170 g/mol. The zero-order valence-corrected chi connectivity index (χ0v) is 52.4. The highest BCUT2D eigenvalue weighted by molar-refractivity contribution is 7.47. The number of carbonyl (C=O) groups is 4. The predicted octanol–water partition coefficient (Wildman–Crippen LogP) is 16.1. The topological polar surface area (TPSA) is 237 Å². The summed E-state index contributed by atoms with van der Waals surface area (Å²) in [5.41, 5.74) is 0. The average Bonchev–Trinajstić information content (AvgIpc) is 3.40. The first-order valence-electron chi connectivity index (χ1n) is 31.5. The van der Waals surface area contributed by atoms with Crippen LogP contribution < -0.4 is 0 Å². The van der Waals surface area contributed by atoms with Gasteiger partial charge in [0, 0.05) is 25.7 Å². The summed E-state index contributed by atoms with van der Waals surface area (Å²) < 4.78 is 67.7. The molecule has 0 aromatic carbocycles. The number of esters is 4. The maximum absolute atomic E-state index is 12.9. The molecule has 0 aromatic heterocycles. The summed E-state index contributed by atoms with van der Waals surface area (Å²) in [7, 11) is -9.87. The normalized spacial score (nSPS) is 14.4. The summed E-state index contributed by atoms with van der Waals surface area (Å²) in [6.07, 6.45) is 33.7. The van der Waals surface area contributed by atoms with Crippen molar-refractivity contribution in [1.82, 2.24) is 0 Å². The zero-order chi connectivity index (χ0) is 58.7. The van der Waals surface area contributed by atoms with Gasteiger partial charge in [0.15, 0.2) is 12.2 Å². The van der Waals surface area contributed by atoms with Gasteiger partial charge in [-0.05, 0) is 37.5 Å². The fourth-order valence-corrected chi connectivity index (χ4v) is 10.4. The first kappa shape index (κ1) is 77.1. The van der Waals surface area contributed by atoms with Crippen molar-refractivity contribution in [3.05, 3.63) is 0 Å². The molecule has 0 aliphatic carbocycles. The molecule has 0 aliphatic heterocycles. The fraction of sp³-hybridized carbons (Fsp3) is 0.933. The molecule has 0 radical (unpaired) electrons. The summed E-state index contributed by atoms with van der Waals surface area (Å²) in [5.74, 6) is -0.742. The second-order valence-electron chi connectivity index (χ2n) is 22.7. The van der Waals surface area contributed by atoms with E-state index >= 15 is 0 Å². The maximum atomic E-state index is 12.9. The van der Waals surface area contributed by atoms with Crippen molar-refractivity contribution in [1.29, 1.82) is 0 Å². The molecule has 0 fully saturated rings. The van der Waals surface area contributed by atoms with Gasteiger partial charge < -0.3 is 33.8 Å². The summed E-state index contributed by atoms with van der Waals surface area (Å²) in [5, 5.41) is 10.5. The van der Waals surface area contributed by atoms with Gasteiger partial charge in [-0.2, -0.15) is 0 Å². The molecule has 0 saturated heterocycles. The number of ether oxygens (including phenoxy) is 4. The van der Waals surface area contributed by atoms with E-state index in [2.05, 4.69) is 41.5 Å².